The Labute approximate surface area is 115 Å². The monoisotopic (exact) mass is 264 g/mol. The number of hydrogen-bond donors (Lipinski definition) is 1. The number of hydrogen-bond acceptors (Lipinski definition) is 3. The smallest absolute Gasteiger partial charge is 0.305 e. The van der Waals surface area contributed by atoms with Crippen molar-refractivity contribution in [2.24, 2.45) is 0 Å². The summed E-state index contributed by atoms with van der Waals surface area (Å²) in [5.41, 5.74) is 3.22. The Morgan fingerprint density at radius 3 is 2.68 bits per heavy atom. The number of aliphatic hydroxyl groups is 1. The number of aryl methyl sites for hydroxylation is 2. The first-order valence-corrected chi connectivity index (χ1v) is 6.95. The molecule has 0 radical (unpaired) electrons. The Morgan fingerprint density at radius 1 is 1.32 bits per heavy atom. The first-order valence-electron chi connectivity index (χ1n) is 6.95. The summed E-state index contributed by atoms with van der Waals surface area (Å²) in [6.45, 7) is 6.59. The standard InChI is InChI=1S/C16H24O3/c1-4-5-10-19-16(18)9-8-15(17)14-7-6-12(2)13(3)11-14/h6-7,11,15,17H,4-5,8-10H2,1-3H3. The summed E-state index contributed by atoms with van der Waals surface area (Å²) in [5, 5.41) is 10.0. The number of esters is 1. The van der Waals surface area contributed by atoms with Crippen LogP contribution in [-0.2, 0) is 9.53 Å². The Hall–Kier alpha value is -1.35. The Bertz CT molecular complexity index is 412. The molecule has 0 aromatic heterocycles. The van der Waals surface area contributed by atoms with Gasteiger partial charge in [0.05, 0.1) is 12.7 Å². The summed E-state index contributed by atoms with van der Waals surface area (Å²) >= 11 is 0. The van der Waals surface area contributed by atoms with E-state index >= 15 is 0 Å². The van der Waals surface area contributed by atoms with Crippen molar-refractivity contribution in [3.05, 3.63) is 34.9 Å². The van der Waals surface area contributed by atoms with Gasteiger partial charge in [0, 0.05) is 6.42 Å². The fourth-order valence-corrected chi connectivity index (χ4v) is 1.80. The zero-order chi connectivity index (χ0) is 14.3. The van der Waals surface area contributed by atoms with Crippen LogP contribution < -0.4 is 0 Å². The number of ether oxygens (including phenoxy) is 1. The van der Waals surface area contributed by atoms with Crippen molar-refractivity contribution < 1.29 is 14.6 Å². The summed E-state index contributed by atoms with van der Waals surface area (Å²) in [5.74, 6) is -0.226. The molecule has 0 amide bonds. The van der Waals surface area contributed by atoms with Gasteiger partial charge in [-0.2, -0.15) is 0 Å². The lowest BCUT2D eigenvalue weighted by atomic mass is 10.00. The van der Waals surface area contributed by atoms with Gasteiger partial charge in [0.1, 0.15) is 0 Å². The average Bonchev–Trinajstić information content (AvgIpc) is 2.39. The van der Waals surface area contributed by atoms with Crippen LogP contribution in [0.4, 0.5) is 0 Å². The molecule has 0 bridgehead atoms. The Morgan fingerprint density at radius 2 is 2.05 bits per heavy atom. The third-order valence-electron chi connectivity index (χ3n) is 3.30. The number of carbonyl (C=O) groups is 1. The minimum Gasteiger partial charge on any atom is -0.466 e. The van der Waals surface area contributed by atoms with Crippen molar-refractivity contribution in [1.82, 2.24) is 0 Å². The molecule has 0 saturated carbocycles. The molecule has 0 heterocycles. The van der Waals surface area contributed by atoms with Crippen LogP contribution >= 0.6 is 0 Å². The third-order valence-corrected chi connectivity index (χ3v) is 3.30. The number of aliphatic hydroxyl groups excluding tert-OH is 1. The van der Waals surface area contributed by atoms with Crippen molar-refractivity contribution in [1.29, 1.82) is 0 Å². The van der Waals surface area contributed by atoms with E-state index in [1.807, 2.05) is 32.0 Å². The third kappa shape index (κ3) is 5.43. The highest BCUT2D eigenvalue weighted by atomic mass is 16.5. The van der Waals surface area contributed by atoms with Crippen LogP contribution in [0.5, 0.6) is 0 Å². The molecule has 1 aromatic rings. The summed E-state index contributed by atoms with van der Waals surface area (Å²) in [6.07, 6.45) is 1.98. The quantitative estimate of drug-likeness (QED) is 0.606. The molecule has 0 saturated heterocycles. The molecule has 1 aromatic carbocycles. The van der Waals surface area contributed by atoms with Crippen LogP contribution in [0.2, 0.25) is 0 Å². The fraction of sp³-hybridized carbons (Fsp3) is 0.562. The largest absolute Gasteiger partial charge is 0.466 e. The van der Waals surface area contributed by atoms with Crippen molar-refractivity contribution >= 4 is 5.97 Å². The molecule has 0 aliphatic heterocycles. The van der Waals surface area contributed by atoms with E-state index in [1.165, 1.54) is 5.56 Å². The number of carbonyl (C=O) groups excluding carboxylic acids is 1. The summed E-state index contributed by atoms with van der Waals surface area (Å²) in [4.78, 5) is 11.4. The highest BCUT2D eigenvalue weighted by Gasteiger charge is 2.11. The van der Waals surface area contributed by atoms with E-state index in [-0.39, 0.29) is 12.4 Å². The highest BCUT2D eigenvalue weighted by molar-refractivity contribution is 5.69. The summed E-state index contributed by atoms with van der Waals surface area (Å²) < 4.78 is 5.06. The van der Waals surface area contributed by atoms with Gasteiger partial charge in [0.2, 0.25) is 0 Å². The second kappa shape index (κ2) is 7.95. The van der Waals surface area contributed by atoms with Crippen LogP contribution in [0.15, 0.2) is 18.2 Å². The van der Waals surface area contributed by atoms with E-state index in [1.54, 1.807) is 0 Å². The second-order valence-electron chi connectivity index (χ2n) is 4.97. The van der Waals surface area contributed by atoms with E-state index in [0.717, 1.165) is 24.0 Å². The molecule has 1 N–H and O–H groups in total. The maximum atomic E-state index is 11.4. The van der Waals surface area contributed by atoms with Gasteiger partial charge < -0.3 is 9.84 Å². The Kier molecular flexibility index (Phi) is 6.57. The van der Waals surface area contributed by atoms with Gasteiger partial charge >= 0.3 is 5.97 Å². The van der Waals surface area contributed by atoms with E-state index in [4.69, 9.17) is 4.74 Å². The van der Waals surface area contributed by atoms with Crippen molar-refractivity contribution in [3.63, 3.8) is 0 Å². The lowest BCUT2D eigenvalue weighted by Crippen LogP contribution is -2.08. The van der Waals surface area contributed by atoms with Gasteiger partial charge in [-0.25, -0.2) is 0 Å². The van der Waals surface area contributed by atoms with E-state index in [0.29, 0.717) is 13.0 Å². The fourth-order valence-electron chi connectivity index (χ4n) is 1.80. The van der Waals surface area contributed by atoms with Gasteiger partial charge in [-0.05, 0) is 43.4 Å². The first-order chi connectivity index (χ1) is 9.04. The molecular formula is C16H24O3. The number of unbranched alkanes of at least 4 members (excludes halogenated alkanes) is 1. The molecule has 0 aliphatic rings. The van der Waals surface area contributed by atoms with Crippen LogP contribution in [0, 0.1) is 13.8 Å². The Balaban J connectivity index is 2.40. The van der Waals surface area contributed by atoms with Crippen LogP contribution in [0.1, 0.15) is 55.4 Å². The van der Waals surface area contributed by atoms with Crippen molar-refractivity contribution in [3.8, 4) is 0 Å². The van der Waals surface area contributed by atoms with Crippen LogP contribution in [-0.4, -0.2) is 17.7 Å². The molecule has 1 unspecified atom stereocenters. The van der Waals surface area contributed by atoms with E-state index in [2.05, 4.69) is 6.92 Å². The molecule has 1 rings (SSSR count). The van der Waals surface area contributed by atoms with Crippen molar-refractivity contribution in [2.45, 2.75) is 52.6 Å². The zero-order valence-corrected chi connectivity index (χ0v) is 12.1. The summed E-state index contributed by atoms with van der Waals surface area (Å²) in [7, 11) is 0. The minimum atomic E-state index is -0.599. The van der Waals surface area contributed by atoms with Crippen LogP contribution in [0.3, 0.4) is 0 Å². The van der Waals surface area contributed by atoms with Crippen molar-refractivity contribution in [2.75, 3.05) is 6.61 Å². The van der Waals surface area contributed by atoms with Gasteiger partial charge in [0.15, 0.2) is 0 Å². The highest BCUT2D eigenvalue weighted by Crippen LogP contribution is 2.21. The normalized spacial score (nSPS) is 12.2. The number of rotatable bonds is 7. The molecule has 106 valence electrons. The average molecular weight is 264 g/mol. The van der Waals surface area contributed by atoms with E-state index in [9.17, 15) is 9.90 Å². The van der Waals surface area contributed by atoms with Crippen LogP contribution in [0.25, 0.3) is 0 Å². The lowest BCUT2D eigenvalue weighted by molar-refractivity contribution is -0.144. The predicted molar refractivity (Wildman–Crippen MR) is 76.0 cm³/mol. The predicted octanol–water partition coefficient (Wildman–Crippen LogP) is 3.46. The molecule has 19 heavy (non-hydrogen) atoms. The topological polar surface area (TPSA) is 46.5 Å². The van der Waals surface area contributed by atoms with E-state index < -0.39 is 6.10 Å². The molecule has 0 spiro atoms. The SMILES string of the molecule is CCCCOC(=O)CCC(O)c1ccc(C)c(C)c1. The maximum Gasteiger partial charge on any atom is 0.305 e. The number of benzene rings is 1. The van der Waals surface area contributed by atoms with Gasteiger partial charge in [-0.3, -0.25) is 4.79 Å². The first kappa shape index (κ1) is 15.7. The van der Waals surface area contributed by atoms with Gasteiger partial charge in [-0.15, -0.1) is 0 Å². The molecule has 3 heteroatoms. The molecule has 0 aliphatic carbocycles. The molecule has 3 nitrogen and oxygen atoms in total. The van der Waals surface area contributed by atoms with Gasteiger partial charge in [-0.1, -0.05) is 31.5 Å². The zero-order valence-electron chi connectivity index (χ0n) is 12.1. The minimum absolute atomic E-state index is 0.226. The lowest BCUT2D eigenvalue weighted by Gasteiger charge is -2.12. The summed E-state index contributed by atoms with van der Waals surface area (Å²) in [6, 6.07) is 5.88. The van der Waals surface area contributed by atoms with Gasteiger partial charge in [0.25, 0.3) is 0 Å². The molecule has 1 atom stereocenters. The second-order valence-corrected chi connectivity index (χ2v) is 4.97. The molecule has 0 fully saturated rings. The maximum absolute atomic E-state index is 11.4. The molecular weight excluding hydrogens is 240 g/mol.